The van der Waals surface area contributed by atoms with Crippen LogP contribution in [0.5, 0.6) is 0 Å². The largest absolute Gasteiger partial charge is 0.463 e. The molecule has 3 unspecified atom stereocenters. The van der Waals surface area contributed by atoms with Gasteiger partial charge in [0, 0.05) is 17.8 Å². The van der Waals surface area contributed by atoms with E-state index in [0.29, 0.717) is 0 Å². The predicted octanol–water partition coefficient (Wildman–Crippen LogP) is 4.54. The van der Waals surface area contributed by atoms with E-state index in [1.165, 1.54) is 6.92 Å². The number of nitrogens with one attached hydrogen (secondary N) is 1. The molecule has 1 heterocycles. The van der Waals surface area contributed by atoms with Crippen LogP contribution >= 0.6 is 34.8 Å². The molecule has 1 fully saturated rings. The van der Waals surface area contributed by atoms with E-state index in [1.54, 1.807) is 6.92 Å². The lowest BCUT2D eigenvalue weighted by atomic mass is 9.89. The minimum atomic E-state index is -2.14. The molecule has 2 rings (SSSR count). The third-order valence-electron chi connectivity index (χ3n) is 4.44. The summed E-state index contributed by atoms with van der Waals surface area (Å²) < 4.78 is 20.1. The first-order valence-corrected chi connectivity index (χ1v) is 10.1. The molecular formula is C18H21Cl3N4O5. The Bertz CT molecular complexity index is 786. The standard InChI is InChI=1S/C18H21Cl3N4O5/c1-10-13(9-27-11(2)26)29-16(30-17(22)18(19,20)21)14(24-25-23)15(10)28-8-12-6-4-3-5-7-12/h3-7,10,13-16,22H,8-9H2,1-2H3/t10-,13?,14?,15-,16?/m1/s1. The molecule has 0 aromatic heterocycles. The number of carbonyl (C=O) groups excluding carboxylic acids is 1. The van der Waals surface area contributed by atoms with Gasteiger partial charge >= 0.3 is 5.97 Å². The first-order chi connectivity index (χ1) is 14.1. The number of nitrogens with zero attached hydrogens (tertiary/aromatic N) is 3. The number of rotatable bonds is 7. The van der Waals surface area contributed by atoms with Crippen LogP contribution in [0.15, 0.2) is 35.4 Å². The van der Waals surface area contributed by atoms with Crippen molar-refractivity contribution in [2.75, 3.05) is 6.61 Å². The lowest BCUT2D eigenvalue weighted by Gasteiger charge is -2.43. The van der Waals surface area contributed by atoms with Gasteiger partial charge in [-0.25, -0.2) is 0 Å². The molecule has 1 saturated heterocycles. The van der Waals surface area contributed by atoms with Gasteiger partial charge in [-0.15, -0.1) is 0 Å². The zero-order chi connectivity index (χ0) is 22.3. The summed E-state index contributed by atoms with van der Waals surface area (Å²) in [7, 11) is 0. The molecule has 1 aliphatic rings. The summed E-state index contributed by atoms with van der Waals surface area (Å²) in [6.07, 6.45) is -2.65. The Balaban J connectivity index is 2.28. The molecule has 30 heavy (non-hydrogen) atoms. The molecule has 9 nitrogen and oxygen atoms in total. The van der Waals surface area contributed by atoms with Gasteiger partial charge in [0.15, 0.2) is 0 Å². The van der Waals surface area contributed by atoms with Crippen molar-refractivity contribution in [1.82, 2.24) is 0 Å². The molecule has 0 bridgehead atoms. The number of esters is 1. The Hall–Kier alpha value is -1.74. The van der Waals surface area contributed by atoms with Crippen molar-refractivity contribution >= 4 is 46.7 Å². The molecular weight excluding hydrogens is 459 g/mol. The van der Waals surface area contributed by atoms with Crippen molar-refractivity contribution in [3.8, 4) is 0 Å². The predicted molar refractivity (Wildman–Crippen MR) is 112 cm³/mol. The third kappa shape index (κ3) is 6.91. The van der Waals surface area contributed by atoms with E-state index in [9.17, 15) is 4.79 Å². The Morgan fingerprint density at radius 1 is 1.33 bits per heavy atom. The number of hydrogen-bond donors (Lipinski definition) is 1. The highest BCUT2D eigenvalue weighted by molar-refractivity contribution is 6.76. The number of azide groups is 1. The summed E-state index contributed by atoms with van der Waals surface area (Å²) in [5, 5.41) is 11.6. The number of halogens is 3. The quantitative estimate of drug-likeness (QED) is 0.117. The minimum absolute atomic E-state index is 0.0916. The molecule has 0 saturated carbocycles. The Labute approximate surface area is 188 Å². The lowest BCUT2D eigenvalue weighted by molar-refractivity contribution is -0.236. The summed E-state index contributed by atoms with van der Waals surface area (Å²) in [5.74, 6) is -1.56. The highest BCUT2D eigenvalue weighted by Gasteiger charge is 2.47. The number of carbonyl (C=O) groups is 1. The van der Waals surface area contributed by atoms with E-state index < -0.39 is 40.2 Å². The molecule has 1 aromatic carbocycles. The molecule has 0 spiro atoms. The van der Waals surface area contributed by atoms with E-state index in [-0.39, 0.29) is 19.1 Å². The average Bonchev–Trinajstić information content (AvgIpc) is 2.68. The van der Waals surface area contributed by atoms with Gasteiger partial charge in [-0.05, 0) is 11.1 Å². The maximum Gasteiger partial charge on any atom is 0.302 e. The maximum absolute atomic E-state index is 11.2. The molecule has 0 aliphatic carbocycles. The number of benzene rings is 1. The van der Waals surface area contributed by atoms with Crippen molar-refractivity contribution < 1.29 is 23.7 Å². The van der Waals surface area contributed by atoms with Crippen LogP contribution in [0.3, 0.4) is 0 Å². The topological polar surface area (TPSA) is 127 Å². The van der Waals surface area contributed by atoms with Crippen LogP contribution in [-0.2, 0) is 30.3 Å². The third-order valence-corrected chi connectivity index (χ3v) is 4.96. The van der Waals surface area contributed by atoms with Gasteiger partial charge in [0.2, 0.25) is 12.2 Å². The Morgan fingerprint density at radius 2 is 2.00 bits per heavy atom. The van der Waals surface area contributed by atoms with Crippen LogP contribution in [0, 0.1) is 11.3 Å². The van der Waals surface area contributed by atoms with Crippen molar-refractivity contribution in [3.05, 3.63) is 46.3 Å². The van der Waals surface area contributed by atoms with Crippen molar-refractivity contribution in [2.45, 2.75) is 48.8 Å². The number of alkyl halides is 3. The summed E-state index contributed by atoms with van der Waals surface area (Å²) in [5.41, 5.74) is 9.95. The molecule has 1 aliphatic heterocycles. The SMILES string of the molecule is CC(=O)OCC1OC(OC(=N)C(Cl)(Cl)Cl)C(N=[N+]=[N-])[C@H](OCc2ccccc2)[C@@H]1C. The summed E-state index contributed by atoms with van der Waals surface area (Å²) in [6, 6.07) is 8.40. The van der Waals surface area contributed by atoms with Crippen LogP contribution in [0.4, 0.5) is 0 Å². The number of hydrogen-bond acceptors (Lipinski definition) is 7. The van der Waals surface area contributed by atoms with Crippen LogP contribution in [-0.4, -0.2) is 46.8 Å². The molecule has 0 radical (unpaired) electrons. The second kappa shape index (κ2) is 11.0. The van der Waals surface area contributed by atoms with Crippen LogP contribution in [0.25, 0.3) is 10.4 Å². The van der Waals surface area contributed by atoms with Gasteiger partial charge in [0.25, 0.3) is 3.79 Å². The van der Waals surface area contributed by atoms with Crippen molar-refractivity contribution in [2.24, 2.45) is 11.0 Å². The second-order valence-electron chi connectivity index (χ2n) is 6.61. The maximum atomic E-state index is 11.2. The van der Waals surface area contributed by atoms with E-state index >= 15 is 0 Å². The fourth-order valence-electron chi connectivity index (χ4n) is 2.92. The highest BCUT2D eigenvalue weighted by Crippen LogP contribution is 2.35. The molecule has 5 atom stereocenters. The summed E-state index contributed by atoms with van der Waals surface area (Å²) in [6.45, 7) is 3.21. The fourth-order valence-corrected chi connectivity index (χ4v) is 3.06. The van der Waals surface area contributed by atoms with Gasteiger partial charge in [-0.3, -0.25) is 10.2 Å². The second-order valence-corrected chi connectivity index (χ2v) is 8.89. The molecule has 0 amide bonds. The van der Waals surface area contributed by atoms with Gasteiger partial charge in [0.1, 0.15) is 18.8 Å². The van der Waals surface area contributed by atoms with Gasteiger partial charge in [-0.2, -0.15) is 0 Å². The smallest absolute Gasteiger partial charge is 0.302 e. The van der Waals surface area contributed by atoms with Crippen LogP contribution in [0.1, 0.15) is 19.4 Å². The normalized spacial score (nSPS) is 26.4. The molecule has 1 N–H and O–H groups in total. The fraction of sp³-hybridized carbons (Fsp3) is 0.556. The van der Waals surface area contributed by atoms with E-state index in [0.717, 1.165) is 5.56 Å². The Morgan fingerprint density at radius 3 is 2.57 bits per heavy atom. The molecule has 12 heteroatoms. The zero-order valence-electron chi connectivity index (χ0n) is 16.2. The first-order valence-electron chi connectivity index (χ1n) is 8.94. The minimum Gasteiger partial charge on any atom is -0.463 e. The monoisotopic (exact) mass is 478 g/mol. The van der Waals surface area contributed by atoms with Crippen molar-refractivity contribution in [1.29, 1.82) is 5.41 Å². The van der Waals surface area contributed by atoms with E-state index in [1.807, 2.05) is 30.3 Å². The molecule has 1 aromatic rings. The highest BCUT2D eigenvalue weighted by atomic mass is 35.6. The van der Waals surface area contributed by atoms with E-state index in [2.05, 4.69) is 10.0 Å². The van der Waals surface area contributed by atoms with Gasteiger partial charge < -0.3 is 18.9 Å². The lowest BCUT2D eigenvalue weighted by Crippen LogP contribution is -2.56. The van der Waals surface area contributed by atoms with Gasteiger partial charge in [-0.1, -0.05) is 77.2 Å². The Kier molecular flexibility index (Phi) is 9.03. The first kappa shape index (κ1) is 24.5. The van der Waals surface area contributed by atoms with Crippen molar-refractivity contribution in [3.63, 3.8) is 0 Å². The summed E-state index contributed by atoms with van der Waals surface area (Å²) in [4.78, 5) is 14.1. The average molecular weight is 480 g/mol. The molecule has 164 valence electrons. The van der Waals surface area contributed by atoms with Gasteiger partial charge in [0.05, 0.1) is 12.7 Å². The van der Waals surface area contributed by atoms with E-state index in [4.69, 9.17) is 64.7 Å². The zero-order valence-corrected chi connectivity index (χ0v) is 18.5. The summed E-state index contributed by atoms with van der Waals surface area (Å²) >= 11 is 17.1. The van der Waals surface area contributed by atoms with Crippen LogP contribution in [0.2, 0.25) is 0 Å². The van der Waals surface area contributed by atoms with Crippen LogP contribution < -0.4 is 0 Å². The number of ether oxygens (including phenoxy) is 4.